The number of thioether (sulfide) groups is 1. The summed E-state index contributed by atoms with van der Waals surface area (Å²) in [7, 11) is 0. The van der Waals surface area contributed by atoms with Crippen molar-refractivity contribution in [3.8, 4) is 0 Å². The maximum absolute atomic E-state index is 4.17. The third-order valence-electron chi connectivity index (χ3n) is 2.08. The summed E-state index contributed by atoms with van der Waals surface area (Å²) in [6.07, 6.45) is 1.13. The molecule has 0 saturated heterocycles. The molecule has 0 radical (unpaired) electrons. The van der Waals surface area contributed by atoms with Gasteiger partial charge in [0.1, 0.15) is 0 Å². The number of thiol groups is 1. The fraction of sp³-hybridized carbons (Fsp3) is 0.500. The molecule has 0 unspecified atom stereocenters. The Morgan fingerprint density at radius 1 is 1.27 bits per heavy atom. The molecule has 1 aromatic rings. The molecular formula is C12H19NS2. The Bertz CT molecular complexity index is 259. The van der Waals surface area contributed by atoms with Crippen molar-refractivity contribution in [2.45, 2.75) is 24.8 Å². The average Bonchev–Trinajstić information content (AvgIpc) is 2.27. The van der Waals surface area contributed by atoms with Gasteiger partial charge in [0.2, 0.25) is 0 Å². The van der Waals surface area contributed by atoms with E-state index in [4.69, 9.17) is 0 Å². The Kier molecular flexibility index (Phi) is 6.98. The van der Waals surface area contributed by atoms with Gasteiger partial charge in [-0.2, -0.15) is 12.6 Å². The largest absolute Gasteiger partial charge is 0.313 e. The second-order valence-electron chi connectivity index (χ2n) is 3.33. The molecule has 0 aliphatic carbocycles. The van der Waals surface area contributed by atoms with Crippen LogP contribution in [0.25, 0.3) is 0 Å². The van der Waals surface area contributed by atoms with Crippen LogP contribution >= 0.6 is 24.4 Å². The van der Waals surface area contributed by atoms with Crippen LogP contribution in [0.2, 0.25) is 0 Å². The first-order valence-corrected chi connectivity index (χ1v) is 7.02. The van der Waals surface area contributed by atoms with E-state index < -0.39 is 0 Å². The Hall–Kier alpha value is -0.120. The topological polar surface area (TPSA) is 12.0 Å². The predicted octanol–water partition coefficient (Wildman–Crippen LogP) is 3.21. The molecule has 0 fully saturated rings. The van der Waals surface area contributed by atoms with Crippen molar-refractivity contribution in [1.82, 2.24) is 5.32 Å². The highest BCUT2D eigenvalue weighted by molar-refractivity contribution is 7.99. The molecule has 0 heterocycles. The molecule has 0 amide bonds. The molecule has 0 aliphatic rings. The molecule has 1 N–H and O–H groups in total. The standard InChI is InChI=1S/C12H19NS2/c1-2-15-12-6-4-11(5-7-12)10-13-8-3-9-14/h4-7,13-14H,2-3,8-10H2,1H3. The fourth-order valence-corrected chi connectivity index (χ4v) is 2.13. The summed E-state index contributed by atoms with van der Waals surface area (Å²) in [5.41, 5.74) is 1.36. The molecule has 0 spiro atoms. The highest BCUT2D eigenvalue weighted by Crippen LogP contribution is 2.17. The first kappa shape index (κ1) is 12.9. The van der Waals surface area contributed by atoms with Crippen LogP contribution < -0.4 is 5.32 Å². The van der Waals surface area contributed by atoms with Crippen LogP contribution in [0, 0.1) is 0 Å². The van der Waals surface area contributed by atoms with Crippen LogP contribution in [0.15, 0.2) is 29.2 Å². The third kappa shape index (κ3) is 5.50. The smallest absolute Gasteiger partial charge is 0.0205 e. The zero-order valence-corrected chi connectivity index (χ0v) is 10.9. The molecule has 84 valence electrons. The van der Waals surface area contributed by atoms with E-state index in [1.54, 1.807) is 0 Å². The lowest BCUT2D eigenvalue weighted by molar-refractivity contribution is 0.679. The van der Waals surface area contributed by atoms with Crippen LogP contribution in [0.5, 0.6) is 0 Å². The van der Waals surface area contributed by atoms with Crippen molar-refractivity contribution in [1.29, 1.82) is 0 Å². The summed E-state index contributed by atoms with van der Waals surface area (Å²) < 4.78 is 0. The lowest BCUT2D eigenvalue weighted by atomic mass is 10.2. The van der Waals surface area contributed by atoms with Crippen molar-refractivity contribution >= 4 is 24.4 Å². The van der Waals surface area contributed by atoms with E-state index in [1.807, 2.05) is 11.8 Å². The maximum Gasteiger partial charge on any atom is 0.0205 e. The van der Waals surface area contributed by atoms with Crippen LogP contribution in [0.3, 0.4) is 0 Å². The van der Waals surface area contributed by atoms with E-state index in [2.05, 4.69) is 49.1 Å². The van der Waals surface area contributed by atoms with Crippen molar-refractivity contribution in [3.05, 3.63) is 29.8 Å². The van der Waals surface area contributed by atoms with Gasteiger partial charge in [-0.3, -0.25) is 0 Å². The Labute approximate surface area is 102 Å². The van der Waals surface area contributed by atoms with Crippen molar-refractivity contribution in [3.63, 3.8) is 0 Å². The van der Waals surface area contributed by atoms with Crippen LogP contribution in [-0.4, -0.2) is 18.1 Å². The van der Waals surface area contributed by atoms with Gasteiger partial charge in [0.05, 0.1) is 0 Å². The summed E-state index contributed by atoms with van der Waals surface area (Å²) in [6, 6.07) is 8.80. The number of benzene rings is 1. The minimum atomic E-state index is 0.957. The third-order valence-corrected chi connectivity index (χ3v) is 3.29. The lowest BCUT2D eigenvalue weighted by Gasteiger charge is -2.04. The fourth-order valence-electron chi connectivity index (χ4n) is 1.31. The Morgan fingerprint density at radius 3 is 2.60 bits per heavy atom. The molecule has 0 atom stereocenters. The maximum atomic E-state index is 4.17. The van der Waals surface area contributed by atoms with E-state index in [1.165, 1.54) is 10.5 Å². The van der Waals surface area contributed by atoms with Crippen LogP contribution in [-0.2, 0) is 6.54 Å². The average molecular weight is 241 g/mol. The van der Waals surface area contributed by atoms with E-state index in [0.717, 1.165) is 31.0 Å². The lowest BCUT2D eigenvalue weighted by Crippen LogP contribution is -2.14. The minimum Gasteiger partial charge on any atom is -0.313 e. The highest BCUT2D eigenvalue weighted by atomic mass is 32.2. The first-order valence-electron chi connectivity index (χ1n) is 5.40. The monoisotopic (exact) mass is 241 g/mol. The molecule has 1 aromatic carbocycles. The number of hydrogen-bond donors (Lipinski definition) is 2. The van der Waals surface area contributed by atoms with Gasteiger partial charge in [-0.25, -0.2) is 0 Å². The minimum absolute atomic E-state index is 0.957. The zero-order chi connectivity index (χ0) is 10.9. The predicted molar refractivity (Wildman–Crippen MR) is 73.0 cm³/mol. The van der Waals surface area contributed by atoms with E-state index in [0.29, 0.717) is 0 Å². The quantitative estimate of drug-likeness (QED) is 0.432. The van der Waals surface area contributed by atoms with Gasteiger partial charge < -0.3 is 5.32 Å². The highest BCUT2D eigenvalue weighted by Gasteiger charge is 1.94. The number of nitrogens with one attached hydrogen (secondary N) is 1. The number of hydrogen-bond acceptors (Lipinski definition) is 3. The van der Waals surface area contributed by atoms with E-state index in [9.17, 15) is 0 Å². The van der Waals surface area contributed by atoms with Crippen molar-refractivity contribution in [2.75, 3.05) is 18.1 Å². The molecule has 1 rings (SSSR count). The van der Waals surface area contributed by atoms with Gasteiger partial charge in [-0.1, -0.05) is 19.1 Å². The Balaban J connectivity index is 2.29. The summed E-state index contributed by atoms with van der Waals surface area (Å²) in [5, 5.41) is 3.40. The van der Waals surface area contributed by atoms with Gasteiger partial charge in [-0.05, 0) is 42.2 Å². The van der Waals surface area contributed by atoms with Gasteiger partial charge >= 0.3 is 0 Å². The van der Waals surface area contributed by atoms with Crippen LogP contribution in [0.4, 0.5) is 0 Å². The SMILES string of the molecule is CCSc1ccc(CNCCCS)cc1. The van der Waals surface area contributed by atoms with E-state index in [-0.39, 0.29) is 0 Å². The first-order chi connectivity index (χ1) is 7.36. The number of rotatable bonds is 7. The molecular weight excluding hydrogens is 222 g/mol. The van der Waals surface area contributed by atoms with Gasteiger partial charge in [0.25, 0.3) is 0 Å². The summed E-state index contributed by atoms with van der Waals surface area (Å²) in [4.78, 5) is 1.36. The van der Waals surface area contributed by atoms with Crippen molar-refractivity contribution in [2.24, 2.45) is 0 Å². The van der Waals surface area contributed by atoms with Crippen molar-refractivity contribution < 1.29 is 0 Å². The summed E-state index contributed by atoms with van der Waals surface area (Å²) in [5.74, 6) is 2.10. The summed E-state index contributed by atoms with van der Waals surface area (Å²) in [6.45, 7) is 4.19. The van der Waals surface area contributed by atoms with Gasteiger partial charge in [-0.15, -0.1) is 11.8 Å². The Morgan fingerprint density at radius 2 is 2.00 bits per heavy atom. The normalized spacial score (nSPS) is 10.5. The second-order valence-corrected chi connectivity index (χ2v) is 5.12. The van der Waals surface area contributed by atoms with E-state index >= 15 is 0 Å². The molecule has 0 aromatic heterocycles. The molecule has 0 saturated carbocycles. The molecule has 1 nitrogen and oxygen atoms in total. The zero-order valence-electron chi connectivity index (χ0n) is 9.20. The molecule has 0 aliphatic heterocycles. The van der Waals surface area contributed by atoms with Gasteiger partial charge in [0.15, 0.2) is 0 Å². The molecule has 0 bridgehead atoms. The second kappa shape index (κ2) is 8.08. The molecule has 3 heteroatoms. The van der Waals surface area contributed by atoms with Crippen LogP contribution in [0.1, 0.15) is 18.9 Å². The van der Waals surface area contributed by atoms with Gasteiger partial charge in [0, 0.05) is 11.4 Å². The molecule has 15 heavy (non-hydrogen) atoms. The summed E-state index contributed by atoms with van der Waals surface area (Å²) >= 11 is 6.06.